The number of morpholine rings is 1. The molecular formula is C30H29F4N3O6S. The summed E-state index contributed by atoms with van der Waals surface area (Å²) in [6.45, 7) is 0.785. The lowest BCUT2D eigenvalue weighted by Crippen LogP contribution is -2.41. The van der Waals surface area contributed by atoms with Gasteiger partial charge < -0.3 is 19.7 Å². The second-order valence-corrected chi connectivity index (χ2v) is 12.2. The van der Waals surface area contributed by atoms with Crippen LogP contribution in [0.15, 0.2) is 71.6 Å². The number of carbonyl (C=O) groups is 2. The minimum absolute atomic E-state index is 0.0506. The fraction of sp³-hybridized carbons (Fsp3) is 0.333. The first-order valence-electron chi connectivity index (χ1n) is 13.8. The maximum absolute atomic E-state index is 13.5. The molecule has 2 aliphatic rings. The van der Waals surface area contributed by atoms with Gasteiger partial charge in [0, 0.05) is 19.6 Å². The van der Waals surface area contributed by atoms with Crippen LogP contribution in [-0.4, -0.2) is 64.1 Å². The number of nitrogens with one attached hydrogen (secondary N) is 1. The topological polar surface area (TPSA) is 105 Å². The number of fused-ring (bicyclic) bond motifs is 1. The number of nitrogens with zero attached hydrogens (tertiary/aromatic N) is 2. The van der Waals surface area contributed by atoms with Crippen LogP contribution >= 0.6 is 0 Å². The van der Waals surface area contributed by atoms with Crippen molar-refractivity contribution in [2.45, 2.75) is 30.0 Å². The molecule has 0 radical (unpaired) electrons. The number of esters is 1. The third-order valence-corrected chi connectivity index (χ3v) is 9.38. The van der Waals surface area contributed by atoms with Crippen LogP contribution in [0.5, 0.6) is 0 Å². The van der Waals surface area contributed by atoms with Gasteiger partial charge in [-0.25, -0.2) is 12.8 Å². The summed E-state index contributed by atoms with van der Waals surface area (Å²) < 4.78 is 92.4. The molecular weight excluding hydrogens is 606 g/mol. The van der Waals surface area contributed by atoms with Crippen molar-refractivity contribution >= 4 is 33.3 Å². The van der Waals surface area contributed by atoms with Crippen molar-refractivity contribution in [2.75, 3.05) is 49.7 Å². The Bertz CT molecular complexity index is 1630. The van der Waals surface area contributed by atoms with Gasteiger partial charge >= 0.3 is 12.1 Å². The van der Waals surface area contributed by atoms with E-state index in [0.29, 0.717) is 44.0 Å². The molecule has 1 amide bonds. The van der Waals surface area contributed by atoms with E-state index < -0.39 is 58.5 Å². The van der Waals surface area contributed by atoms with Gasteiger partial charge in [0.15, 0.2) is 6.61 Å². The minimum atomic E-state index is -4.65. The molecule has 0 bridgehead atoms. The molecule has 1 N–H and O–H groups in total. The number of anilines is 2. The van der Waals surface area contributed by atoms with Crippen LogP contribution in [0.4, 0.5) is 28.9 Å². The average Bonchev–Trinajstić information content (AvgIpc) is 3.00. The van der Waals surface area contributed by atoms with E-state index in [1.165, 1.54) is 6.07 Å². The zero-order valence-electron chi connectivity index (χ0n) is 23.3. The van der Waals surface area contributed by atoms with Gasteiger partial charge in [0.25, 0.3) is 5.91 Å². The van der Waals surface area contributed by atoms with Crippen molar-refractivity contribution in [3.63, 3.8) is 0 Å². The average molecular weight is 636 g/mol. The van der Waals surface area contributed by atoms with Crippen LogP contribution < -0.4 is 10.2 Å². The molecule has 0 aromatic heterocycles. The molecule has 1 fully saturated rings. The molecule has 0 saturated carbocycles. The Hall–Kier alpha value is -4.01. The zero-order valence-corrected chi connectivity index (χ0v) is 24.2. The van der Waals surface area contributed by atoms with Gasteiger partial charge in [0.1, 0.15) is 5.82 Å². The predicted molar refractivity (Wildman–Crippen MR) is 152 cm³/mol. The van der Waals surface area contributed by atoms with Crippen LogP contribution in [0.1, 0.15) is 29.2 Å². The monoisotopic (exact) mass is 635 g/mol. The van der Waals surface area contributed by atoms with Crippen LogP contribution in [0.2, 0.25) is 0 Å². The van der Waals surface area contributed by atoms with Gasteiger partial charge in [-0.2, -0.15) is 17.5 Å². The summed E-state index contributed by atoms with van der Waals surface area (Å²) in [7, 11) is -4.15. The Balaban J connectivity index is 1.31. The maximum Gasteiger partial charge on any atom is 0.416 e. The lowest BCUT2D eigenvalue weighted by molar-refractivity contribution is -0.148. The van der Waals surface area contributed by atoms with Crippen molar-refractivity contribution in [1.82, 2.24) is 4.31 Å². The Morgan fingerprint density at radius 3 is 2.39 bits per heavy atom. The van der Waals surface area contributed by atoms with Gasteiger partial charge in [0.05, 0.1) is 47.5 Å². The predicted octanol–water partition coefficient (Wildman–Crippen LogP) is 4.54. The molecule has 5 rings (SSSR count). The SMILES string of the molecule is O=C(COC(=O)C[C@H]1c2ccccc2CCN1S(=O)(=O)c1ccc(F)cc1)Nc1cc(C(F)(F)F)ccc1N1CCOCC1. The number of hydrogen-bond acceptors (Lipinski definition) is 7. The number of alkyl halides is 3. The van der Waals surface area contributed by atoms with Gasteiger partial charge in [-0.05, 0) is 60.0 Å². The summed E-state index contributed by atoms with van der Waals surface area (Å²) >= 11 is 0. The number of ether oxygens (including phenoxy) is 2. The van der Waals surface area contributed by atoms with Gasteiger partial charge in [-0.1, -0.05) is 24.3 Å². The van der Waals surface area contributed by atoms with Crippen LogP contribution in [0, 0.1) is 5.82 Å². The van der Waals surface area contributed by atoms with E-state index in [1.807, 2.05) is 6.07 Å². The highest BCUT2D eigenvalue weighted by Crippen LogP contribution is 2.37. The largest absolute Gasteiger partial charge is 0.456 e. The summed E-state index contributed by atoms with van der Waals surface area (Å²) in [6.07, 6.45) is -4.70. The van der Waals surface area contributed by atoms with E-state index >= 15 is 0 Å². The van der Waals surface area contributed by atoms with Gasteiger partial charge in [0.2, 0.25) is 10.0 Å². The summed E-state index contributed by atoms with van der Waals surface area (Å²) in [5.41, 5.74) is 0.737. The third-order valence-electron chi connectivity index (χ3n) is 7.46. The fourth-order valence-corrected chi connectivity index (χ4v) is 6.92. The lowest BCUT2D eigenvalue weighted by atomic mass is 9.92. The first kappa shape index (κ1) is 31.4. The lowest BCUT2D eigenvalue weighted by Gasteiger charge is -2.36. The summed E-state index contributed by atoms with van der Waals surface area (Å²) in [6, 6.07) is 13.4. The van der Waals surface area contributed by atoms with Crippen LogP contribution in [-0.2, 0) is 41.7 Å². The minimum Gasteiger partial charge on any atom is -0.456 e. The standard InChI is InChI=1S/C30H29F4N3O6S/c31-22-6-8-23(9-7-22)44(40,41)37-12-11-20-3-1-2-4-24(20)27(37)18-29(39)43-19-28(38)35-25-17-21(30(32,33)34)5-10-26(25)36-13-15-42-16-14-36/h1-10,17,27H,11-16,18-19H2,(H,35,38)/t27-/m0/s1. The van der Waals surface area contributed by atoms with E-state index in [0.717, 1.165) is 46.3 Å². The first-order valence-corrected chi connectivity index (χ1v) is 15.2. The smallest absolute Gasteiger partial charge is 0.416 e. The Morgan fingerprint density at radius 1 is 0.977 bits per heavy atom. The van der Waals surface area contributed by atoms with Crippen molar-refractivity contribution < 1.29 is 45.0 Å². The van der Waals surface area contributed by atoms with E-state index in [4.69, 9.17) is 9.47 Å². The normalized spacial score (nSPS) is 17.5. The molecule has 14 heteroatoms. The van der Waals surface area contributed by atoms with Crippen LogP contribution in [0.25, 0.3) is 0 Å². The highest BCUT2D eigenvalue weighted by Gasteiger charge is 2.38. The van der Waals surface area contributed by atoms with E-state index in [1.54, 1.807) is 23.1 Å². The second-order valence-electron chi connectivity index (χ2n) is 10.3. The van der Waals surface area contributed by atoms with E-state index in [9.17, 15) is 35.6 Å². The number of benzene rings is 3. The quantitative estimate of drug-likeness (QED) is 0.286. The summed E-state index contributed by atoms with van der Waals surface area (Å²) in [4.78, 5) is 27.4. The molecule has 0 unspecified atom stereocenters. The molecule has 44 heavy (non-hydrogen) atoms. The number of halogens is 4. The van der Waals surface area contributed by atoms with E-state index in [2.05, 4.69) is 5.32 Å². The Labute approximate surface area is 251 Å². The third kappa shape index (κ3) is 7.03. The summed E-state index contributed by atoms with van der Waals surface area (Å²) in [5.74, 6) is -2.36. The van der Waals surface area contributed by atoms with Crippen molar-refractivity contribution in [3.8, 4) is 0 Å². The summed E-state index contributed by atoms with van der Waals surface area (Å²) in [5, 5.41) is 2.42. The number of carbonyl (C=O) groups excluding carboxylic acids is 2. The maximum atomic E-state index is 13.5. The number of amides is 1. The molecule has 0 aliphatic carbocycles. The Morgan fingerprint density at radius 2 is 1.68 bits per heavy atom. The molecule has 3 aromatic carbocycles. The number of sulfonamides is 1. The molecule has 2 aliphatic heterocycles. The molecule has 2 heterocycles. The van der Waals surface area contributed by atoms with E-state index in [-0.39, 0.29) is 17.1 Å². The highest BCUT2D eigenvalue weighted by molar-refractivity contribution is 7.89. The van der Waals surface area contributed by atoms with Gasteiger partial charge in [-0.3, -0.25) is 9.59 Å². The number of rotatable bonds is 8. The van der Waals surface area contributed by atoms with Gasteiger partial charge in [-0.15, -0.1) is 0 Å². The Kier molecular flexibility index (Phi) is 9.23. The van der Waals surface area contributed by atoms with Crippen molar-refractivity contribution in [2.24, 2.45) is 0 Å². The molecule has 9 nitrogen and oxygen atoms in total. The van der Waals surface area contributed by atoms with Crippen LogP contribution in [0.3, 0.4) is 0 Å². The molecule has 1 atom stereocenters. The molecule has 234 valence electrons. The molecule has 1 saturated heterocycles. The molecule has 3 aromatic rings. The number of hydrogen-bond donors (Lipinski definition) is 1. The van der Waals surface area contributed by atoms with Crippen molar-refractivity contribution in [1.29, 1.82) is 0 Å². The highest BCUT2D eigenvalue weighted by atomic mass is 32.2. The second kappa shape index (κ2) is 12.9. The first-order chi connectivity index (χ1) is 20.9. The fourth-order valence-electron chi connectivity index (χ4n) is 5.31. The molecule has 0 spiro atoms. The zero-order chi connectivity index (χ0) is 31.5. The van der Waals surface area contributed by atoms with Crippen molar-refractivity contribution in [3.05, 3.63) is 89.2 Å².